The fourth-order valence-corrected chi connectivity index (χ4v) is 2.51. The molecule has 1 aliphatic rings. The maximum absolute atomic E-state index is 12.3. The van der Waals surface area contributed by atoms with E-state index in [0.29, 0.717) is 5.56 Å². The van der Waals surface area contributed by atoms with Gasteiger partial charge in [-0.2, -0.15) is 5.26 Å². The SMILES string of the molecule is CCOC(=O)C1=C(C)OC(N)=C(C#N)C1c1cccc([N+](=O)[O-])c1. The average molecular weight is 329 g/mol. The van der Waals surface area contributed by atoms with E-state index in [4.69, 9.17) is 15.2 Å². The van der Waals surface area contributed by atoms with Crippen LogP contribution in [0.15, 0.2) is 47.1 Å². The van der Waals surface area contributed by atoms with Crippen molar-refractivity contribution >= 4 is 11.7 Å². The fraction of sp³-hybridized carbons (Fsp3) is 0.250. The molecule has 0 saturated carbocycles. The van der Waals surface area contributed by atoms with Gasteiger partial charge >= 0.3 is 5.97 Å². The van der Waals surface area contributed by atoms with Crippen molar-refractivity contribution in [1.29, 1.82) is 5.26 Å². The second kappa shape index (κ2) is 6.83. The Labute approximate surface area is 137 Å². The normalized spacial score (nSPS) is 17.1. The van der Waals surface area contributed by atoms with Gasteiger partial charge in [0.15, 0.2) is 0 Å². The second-order valence-electron chi connectivity index (χ2n) is 4.97. The van der Waals surface area contributed by atoms with Gasteiger partial charge in [-0.25, -0.2) is 4.79 Å². The van der Waals surface area contributed by atoms with Crippen LogP contribution in [0, 0.1) is 21.4 Å². The smallest absolute Gasteiger partial charge is 0.338 e. The third-order valence-corrected chi connectivity index (χ3v) is 3.52. The number of nitriles is 1. The fourth-order valence-electron chi connectivity index (χ4n) is 2.51. The maximum atomic E-state index is 12.3. The molecular formula is C16H15N3O5. The highest BCUT2D eigenvalue weighted by Crippen LogP contribution is 2.40. The van der Waals surface area contributed by atoms with Crippen molar-refractivity contribution in [3.63, 3.8) is 0 Å². The van der Waals surface area contributed by atoms with Crippen LogP contribution in [0.5, 0.6) is 0 Å². The molecule has 0 aromatic heterocycles. The summed E-state index contributed by atoms with van der Waals surface area (Å²) in [5.41, 5.74) is 6.09. The highest BCUT2D eigenvalue weighted by molar-refractivity contribution is 5.92. The van der Waals surface area contributed by atoms with Crippen molar-refractivity contribution in [1.82, 2.24) is 0 Å². The first-order chi connectivity index (χ1) is 11.4. The number of carbonyl (C=O) groups excluding carboxylic acids is 1. The molecular weight excluding hydrogens is 314 g/mol. The molecule has 1 aliphatic heterocycles. The van der Waals surface area contributed by atoms with Crippen molar-refractivity contribution in [2.45, 2.75) is 19.8 Å². The molecule has 2 rings (SSSR count). The minimum absolute atomic E-state index is 0.00384. The highest BCUT2D eigenvalue weighted by Gasteiger charge is 2.36. The van der Waals surface area contributed by atoms with Crippen molar-refractivity contribution in [2.75, 3.05) is 6.61 Å². The van der Waals surface area contributed by atoms with Gasteiger partial charge in [-0.1, -0.05) is 12.1 Å². The summed E-state index contributed by atoms with van der Waals surface area (Å²) < 4.78 is 10.3. The number of allylic oxidation sites excluding steroid dienone is 2. The maximum Gasteiger partial charge on any atom is 0.338 e. The molecule has 2 N–H and O–H groups in total. The molecule has 1 unspecified atom stereocenters. The highest BCUT2D eigenvalue weighted by atomic mass is 16.6. The number of nitrogens with two attached hydrogens (primary N) is 1. The molecule has 1 heterocycles. The predicted molar refractivity (Wildman–Crippen MR) is 83.1 cm³/mol. The number of nitro benzene ring substituents is 1. The van der Waals surface area contributed by atoms with Crippen molar-refractivity contribution in [3.05, 3.63) is 62.7 Å². The number of ether oxygens (including phenoxy) is 2. The third kappa shape index (κ3) is 3.05. The lowest BCUT2D eigenvalue weighted by molar-refractivity contribution is -0.384. The monoisotopic (exact) mass is 329 g/mol. The van der Waals surface area contributed by atoms with E-state index in [1.54, 1.807) is 13.0 Å². The minimum atomic E-state index is -0.886. The largest absolute Gasteiger partial charge is 0.463 e. The van der Waals surface area contributed by atoms with E-state index < -0.39 is 16.8 Å². The van der Waals surface area contributed by atoms with Crippen LogP contribution >= 0.6 is 0 Å². The first-order valence-corrected chi connectivity index (χ1v) is 7.10. The molecule has 1 aromatic carbocycles. The third-order valence-electron chi connectivity index (χ3n) is 3.52. The Hall–Kier alpha value is -3.34. The van der Waals surface area contributed by atoms with Crippen molar-refractivity contribution < 1.29 is 19.2 Å². The zero-order valence-corrected chi connectivity index (χ0v) is 13.1. The molecule has 0 bridgehead atoms. The summed E-state index contributed by atoms with van der Waals surface area (Å²) >= 11 is 0. The first kappa shape index (κ1) is 17.0. The first-order valence-electron chi connectivity index (χ1n) is 7.10. The van der Waals surface area contributed by atoms with E-state index in [1.807, 2.05) is 6.07 Å². The van der Waals surface area contributed by atoms with Crippen LogP contribution in [0.4, 0.5) is 5.69 Å². The second-order valence-corrected chi connectivity index (χ2v) is 4.97. The Morgan fingerprint density at radius 3 is 2.83 bits per heavy atom. The van der Waals surface area contributed by atoms with Gasteiger partial charge in [-0.05, 0) is 19.4 Å². The number of hydrogen-bond donors (Lipinski definition) is 1. The summed E-state index contributed by atoms with van der Waals surface area (Å²) in [6.45, 7) is 3.31. The number of carbonyl (C=O) groups is 1. The Morgan fingerprint density at radius 2 is 2.25 bits per heavy atom. The molecule has 0 saturated heterocycles. The van der Waals surface area contributed by atoms with Gasteiger partial charge in [0, 0.05) is 12.1 Å². The number of nitro groups is 1. The van der Waals surface area contributed by atoms with Crippen LogP contribution in [-0.4, -0.2) is 17.5 Å². The number of nitrogens with zero attached hydrogens (tertiary/aromatic N) is 2. The Bertz CT molecular complexity index is 804. The molecule has 1 atom stereocenters. The summed E-state index contributed by atoms with van der Waals surface area (Å²) in [5.74, 6) is -1.49. The van der Waals surface area contributed by atoms with Crippen LogP contribution in [0.1, 0.15) is 25.3 Å². The zero-order chi connectivity index (χ0) is 17.9. The quantitative estimate of drug-likeness (QED) is 0.509. The topological polar surface area (TPSA) is 128 Å². The van der Waals surface area contributed by atoms with Crippen molar-refractivity contribution in [2.24, 2.45) is 5.73 Å². The van der Waals surface area contributed by atoms with E-state index in [1.165, 1.54) is 25.1 Å². The number of benzene rings is 1. The molecule has 8 heteroatoms. The summed E-state index contributed by atoms with van der Waals surface area (Å²) in [5, 5.41) is 20.4. The van der Waals surface area contributed by atoms with Gasteiger partial charge in [-0.3, -0.25) is 10.1 Å². The number of hydrogen-bond acceptors (Lipinski definition) is 7. The van der Waals surface area contributed by atoms with E-state index in [2.05, 4.69) is 0 Å². The standard InChI is InChI=1S/C16H15N3O5/c1-3-23-16(20)13-9(2)24-15(18)12(8-17)14(13)10-5-4-6-11(7-10)19(21)22/h4-7,14H,3,18H2,1-2H3. The summed E-state index contributed by atoms with van der Waals surface area (Å²) in [7, 11) is 0. The molecule has 24 heavy (non-hydrogen) atoms. The Morgan fingerprint density at radius 1 is 1.54 bits per heavy atom. The van der Waals surface area contributed by atoms with E-state index in [0.717, 1.165) is 0 Å². The van der Waals surface area contributed by atoms with Crippen LogP contribution in [0.3, 0.4) is 0 Å². The lowest BCUT2D eigenvalue weighted by Gasteiger charge is -2.26. The summed E-state index contributed by atoms with van der Waals surface area (Å²) in [4.78, 5) is 22.8. The van der Waals surface area contributed by atoms with Gasteiger partial charge in [0.1, 0.15) is 17.4 Å². The molecule has 8 nitrogen and oxygen atoms in total. The number of non-ortho nitro benzene ring substituents is 1. The van der Waals surface area contributed by atoms with Gasteiger partial charge in [0.2, 0.25) is 5.88 Å². The molecule has 0 spiro atoms. The molecule has 1 aromatic rings. The molecule has 0 fully saturated rings. The molecule has 0 aliphatic carbocycles. The molecule has 0 radical (unpaired) electrons. The van der Waals surface area contributed by atoms with Gasteiger partial charge in [0.05, 0.1) is 23.0 Å². The van der Waals surface area contributed by atoms with Crippen LogP contribution in [0.2, 0.25) is 0 Å². The zero-order valence-electron chi connectivity index (χ0n) is 13.1. The Balaban J connectivity index is 2.65. The van der Waals surface area contributed by atoms with Gasteiger partial charge in [-0.15, -0.1) is 0 Å². The summed E-state index contributed by atoms with van der Waals surface area (Å²) in [6, 6.07) is 7.60. The van der Waals surface area contributed by atoms with Crippen LogP contribution in [-0.2, 0) is 14.3 Å². The lowest BCUT2D eigenvalue weighted by atomic mass is 9.83. The minimum Gasteiger partial charge on any atom is -0.463 e. The van der Waals surface area contributed by atoms with Crippen LogP contribution in [0.25, 0.3) is 0 Å². The van der Waals surface area contributed by atoms with E-state index in [-0.39, 0.29) is 35.1 Å². The van der Waals surface area contributed by atoms with Gasteiger partial charge < -0.3 is 15.2 Å². The van der Waals surface area contributed by atoms with E-state index in [9.17, 15) is 20.2 Å². The lowest BCUT2D eigenvalue weighted by Crippen LogP contribution is -2.25. The molecule has 124 valence electrons. The van der Waals surface area contributed by atoms with E-state index >= 15 is 0 Å². The van der Waals surface area contributed by atoms with Crippen LogP contribution < -0.4 is 5.73 Å². The molecule has 0 amide bonds. The van der Waals surface area contributed by atoms with Gasteiger partial charge in [0.25, 0.3) is 5.69 Å². The summed E-state index contributed by atoms with van der Waals surface area (Å²) in [6.07, 6.45) is 0. The predicted octanol–water partition coefficient (Wildman–Crippen LogP) is 2.24. The number of rotatable bonds is 4. The van der Waals surface area contributed by atoms with Crippen molar-refractivity contribution in [3.8, 4) is 6.07 Å². The average Bonchev–Trinajstić information content (AvgIpc) is 2.54. The number of esters is 1. The Kier molecular flexibility index (Phi) is 4.84.